The van der Waals surface area contributed by atoms with Crippen LogP contribution >= 0.6 is 0 Å². The van der Waals surface area contributed by atoms with Crippen molar-refractivity contribution in [2.75, 3.05) is 6.61 Å². The molecule has 4 nitrogen and oxygen atoms in total. The minimum Gasteiger partial charge on any atom is -0.462 e. The first kappa shape index (κ1) is 8.72. The number of hydrogen-bond donors (Lipinski definition) is 1. The number of ether oxygens (including phenoxy) is 2. The van der Waals surface area contributed by atoms with Gasteiger partial charge in [0.05, 0.1) is 18.3 Å². The van der Waals surface area contributed by atoms with Crippen LogP contribution in [0.1, 0.15) is 19.8 Å². The molecule has 2 unspecified atom stereocenters. The molecule has 0 amide bonds. The second-order valence-corrected chi connectivity index (χ2v) is 3.41. The second kappa shape index (κ2) is 3.12. The van der Waals surface area contributed by atoms with Gasteiger partial charge in [-0.05, 0) is 18.9 Å². The first-order chi connectivity index (χ1) is 6.18. The second-order valence-electron chi connectivity index (χ2n) is 3.41. The maximum absolute atomic E-state index is 11.2. The van der Waals surface area contributed by atoms with Gasteiger partial charge in [-0.15, -0.1) is 0 Å². The van der Waals surface area contributed by atoms with Crippen LogP contribution in [0.2, 0.25) is 0 Å². The standard InChI is InChI=1S/C9H12O4/c1-5-4-6-2-3-12-8(10)7(6)9(11)13-5/h5,9,11H,2-4H2,1H3. The summed E-state index contributed by atoms with van der Waals surface area (Å²) in [4.78, 5) is 11.2. The largest absolute Gasteiger partial charge is 0.462 e. The summed E-state index contributed by atoms with van der Waals surface area (Å²) in [7, 11) is 0. The Bertz CT molecular complexity index is 269. The Hall–Kier alpha value is -0.870. The summed E-state index contributed by atoms with van der Waals surface area (Å²) < 4.78 is 9.94. The molecule has 0 fully saturated rings. The van der Waals surface area contributed by atoms with E-state index in [4.69, 9.17) is 9.47 Å². The molecule has 1 N–H and O–H groups in total. The zero-order valence-corrected chi connectivity index (χ0v) is 7.45. The summed E-state index contributed by atoms with van der Waals surface area (Å²) in [6.07, 6.45) is 0.346. The van der Waals surface area contributed by atoms with E-state index >= 15 is 0 Å². The number of rotatable bonds is 0. The minimum atomic E-state index is -1.09. The predicted molar refractivity (Wildman–Crippen MR) is 43.8 cm³/mol. The summed E-state index contributed by atoms with van der Waals surface area (Å²) in [5.41, 5.74) is 1.31. The first-order valence-corrected chi connectivity index (χ1v) is 4.41. The Kier molecular flexibility index (Phi) is 2.09. The third-order valence-electron chi connectivity index (χ3n) is 2.38. The zero-order chi connectivity index (χ0) is 9.42. The molecule has 0 saturated carbocycles. The van der Waals surface area contributed by atoms with Crippen molar-refractivity contribution in [3.63, 3.8) is 0 Å². The van der Waals surface area contributed by atoms with Gasteiger partial charge in [-0.2, -0.15) is 0 Å². The monoisotopic (exact) mass is 184 g/mol. The highest BCUT2D eigenvalue weighted by atomic mass is 16.6. The molecule has 72 valence electrons. The van der Waals surface area contributed by atoms with Crippen LogP contribution in [0.15, 0.2) is 11.1 Å². The number of aliphatic hydroxyl groups excluding tert-OH is 1. The van der Waals surface area contributed by atoms with E-state index in [1.165, 1.54) is 0 Å². The number of carbonyl (C=O) groups is 1. The van der Waals surface area contributed by atoms with Gasteiger partial charge >= 0.3 is 5.97 Å². The number of esters is 1. The molecule has 2 atom stereocenters. The van der Waals surface area contributed by atoms with Crippen LogP contribution in [0.4, 0.5) is 0 Å². The minimum absolute atomic E-state index is 0.0142. The molecule has 0 spiro atoms. The third-order valence-corrected chi connectivity index (χ3v) is 2.38. The van der Waals surface area contributed by atoms with Crippen LogP contribution in [0, 0.1) is 0 Å². The van der Waals surface area contributed by atoms with Gasteiger partial charge in [0, 0.05) is 6.42 Å². The van der Waals surface area contributed by atoms with E-state index in [0.29, 0.717) is 12.2 Å². The number of carbonyl (C=O) groups excluding carboxylic acids is 1. The fraction of sp³-hybridized carbons (Fsp3) is 0.667. The van der Waals surface area contributed by atoms with Crippen LogP contribution in [-0.4, -0.2) is 30.1 Å². The summed E-state index contributed by atoms with van der Waals surface area (Å²) in [5.74, 6) is -0.430. The predicted octanol–water partition coefficient (Wildman–Crippen LogP) is 0.357. The average Bonchev–Trinajstić information content (AvgIpc) is 2.02. The number of hydrogen-bond acceptors (Lipinski definition) is 4. The van der Waals surface area contributed by atoms with Crippen LogP contribution in [0.3, 0.4) is 0 Å². The Morgan fingerprint density at radius 3 is 3.08 bits per heavy atom. The molecule has 0 saturated heterocycles. The molecule has 4 heteroatoms. The fourth-order valence-corrected chi connectivity index (χ4v) is 1.79. The third kappa shape index (κ3) is 1.47. The van der Waals surface area contributed by atoms with E-state index in [1.807, 2.05) is 6.92 Å². The van der Waals surface area contributed by atoms with Crippen molar-refractivity contribution in [3.8, 4) is 0 Å². The van der Waals surface area contributed by atoms with Gasteiger partial charge in [-0.3, -0.25) is 0 Å². The molecular formula is C9H12O4. The van der Waals surface area contributed by atoms with Crippen LogP contribution in [0.5, 0.6) is 0 Å². The summed E-state index contributed by atoms with van der Waals surface area (Å²) in [5, 5.41) is 9.46. The van der Waals surface area contributed by atoms with E-state index in [1.54, 1.807) is 0 Å². The smallest absolute Gasteiger partial charge is 0.339 e. The van der Waals surface area contributed by atoms with Gasteiger partial charge in [0.1, 0.15) is 0 Å². The molecule has 0 aromatic carbocycles. The Labute approximate surface area is 76.1 Å². The highest BCUT2D eigenvalue weighted by Crippen LogP contribution is 2.30. The maximum atomic E-state index is 11.2. The molecule has 2 rings (SSSR count). The van der Waals surface area contributed by atoms with E-state index in [0.717, 1.165) is 18.4 Å². The van der Waals surface area contributed by atoms with Gasteiger partial charge in [-0.1, -0.05) is 0 Å². The normalized spacial score (nSPS) is 34.2. The van der Waals surface area contributed by atoms with E-state index in [2.05, 4.69) is 0 Å². The highest BCUT2D eigenvalue weighted by molar-refractivity contribution is 5.91. The topological polar surface area (TPSA) is 55.8 Å². The number of cyclic esters (lactones) is 1. The molecular weight excluding hydrogens is 172 g/mol. The van der Waals surface area contributed by atoms with Crippen molar-refractivity contribution in [1.29, 1.82) is 0 Å². The summed E-state index contributed by atoms with van der Waals surface area (Å²) in [6.45, 7) is 2.31. The maximum Gasteiger partial charge on any atom is 0.339 e. The summed E-state index contributed by atoms with van der Waals surface area (Å²) >= 11 is 0. The van der Waals surface area contributed by atoms with E-state index < -0.39 is 12.3 Å². The molecule has 0 aromatic rings. The fourth-order valence-electron chi connectivity index (χ4n) is 1.79. The van der Waals surface area contributed by atoms with Crippen molar-refractivity contribution in [3.05, 3.63) is 11.1 Å². The lowest BCUT2D eigenvalue weighted by Gasteiger charge is -2.31. The van der Waals surface area contributed by atoms with Crippen molar-refractivity contribution < 1.29 is 19.4 Å². The lowest BCUT2D eigenvalue weighted by atomic mass is 9.95. The quantitative estimate of drug-likeness (QED) is 0.552. The molecule has 0 bridgehead atoms. The molecule has 0 aliphatic carbocycles. The molecule has 0 radical (unpaired) electrons. The Morgan fingerprint density at radius 2 is 2.31 bits per heavy atom. The summed E-state index contributed by atoms with van der Waals surface area (Å²) in [6, 6.07) is 0. The lowest BCUT2D eigenvalue weighted by molar-refractivity contribution is -0.155. The van der Waals surface area contributed by atoms with Gasteiger partial charge in [-0.25, -0.2) is 4.79 Å². The first-order valence-electron chi connectivity index (χ1n) is 4.41. The highest BCUT2D eigenvalue weighted by Gasteiger charge is 2.34. The Morgan fingerprint density at radius 1 is 1.54 bits per heavy atom. The molecule has 2 aliphatic rings. The average molecular weight is 184 g/mol. The van der Waals surface area contributed by atoms with E-state index in [-0.39, 0.29) is 6.10 Å². The van der Waals surface area contributed by atoms with Crippen molar-refractivity contribution in [2.45, 2.75) is 32.2 Å². The van der Waals surface area contributed by atoms with Gasteiger partial charge in [0.25, 0.3) is 0 Å². The van der Waals surface area contributed by atoms with Crippen LogP contribution < -0.4 is 0 Å². The molecule has 13 heavy (non-hydrogen) atoms. The Balaban J connectivity index is 2.32. The van der Waals surface area contributed by atoms with Crippen molar-refractivity contribution in [1.82, 2.24) is 0 Å². The SMILES string of the molecule is CC1CC2=C(C(=O)OCC2)C(O)O1. The van der Waals surface area contributed by atoms with Gasteiger partial charge in [0.2, 0.25) is 0 Å². The van der Waals surface area contributed by atoms with Crippen molar-refractivity contribution in [2.24, 2.45) is 0 Å². The van der Waals surface area contributed by atoms with E-state index in [9.17, 15) is 9.90 Å². The van der Waals surface area contributed by atoms with Gasteiger partial charge < -0.3 is 14.6 Å². The molecule has 2 aliphatic heterocycles. The molecule has 2 heterocycles. The van der Waals surface area contributed by atoms with Crippen LogP contribution in [-0.2, 0) is 14.3 Å². The lowest BCUT2D eigenvalue weighted by Crippen LogP contribution is -2.35. The van der Waals surface area contributed by atoms with Crippen LogP contribution in [0.25, 0.3) is 0 Å². The molecule has 0 aromatic heterocycles. The van der Waals surface area contributed by atoms with Crippen molar-refractivity contribution >= 4 is 5.97 Å². The van der Waals surface area contributed by atoms with Gasteiger partial charge in [0.15, 0.2) is 6.29 Å². The number of aliphatic hydroxyl groups is 1. The zero-order valence-electron chi connectivity index (χ0n) is 7.45.